The Labute approximate surface area is 205 Å². The lowest BCUT2D eigenvalue weighted by Gasteiger charge is -2.19. The Morgan fingerprint density at radius 1 is 1.29 bits per heavy atom. The monoisotopic (exact) mass is 501 g/mol. The average molecular weight is 502 g/mol. The normalized spacial score (nSPS) is 12.0. The number of ether oxygens (including phenoxy) is 1. The minimum Gasteiger partial charge on any atom is -0.442 e. The van der Waals surface area contributed by atoms with Crippen molar-refractivity contribution < 1.29 is 22.7 Å². The fourth-order valence-corrected chi connectivity index (χ4v) is 2.58. The van der Waals surface area contributed by atoms with Crippen LogP contribution in [0.3, 0.4) is 0 Å². The highest BCUT2D eigenvalue weighted by Crippen LogP contribution is 2.21. The molecule has 0 atom stereocenters. The summed E-state index contributed by atoms with van der Waals surface area (Å²) in [6.45, 7) is 16.5. The summed E-state index contributed by atoms with van der Waals surface area (Å²) in [7, 11) is 0. The summed E-state index contributed by atoms with van der Waals surface area (Å²) in [5.41, 5.74) is 2.27. The Bertz CT molecular complexity index is 987. The smallest absolute Gasteiger partial charge is 0.435 e. The lowest BCUT2D eigenvalue weighted by molar-refractivity contribution is -0.135. The van der Waals surface area contributed by atoms with E-state index in [1.807, 2.05) is 71.9 Å². The lowest BCUT2D eigenvalue weighted by Crippen LogP contribution is -2.27. The SMILES string of the molecule is C=C(Cl)/N=C(C)\C=C/C.CCCCC(F)(F)F.Cc1ccc2c(cnn2C(=O)OC(C)(C)C)c1. The molecule has 0 aliphatic rings. The van der Waals surface area contributed by atoms with Gasteiger partial charge in [-0.05, 0) is 66.2 Å². The average Bonchev–Trinajstić information content (AvgIpc) is 3.08. The quantitative estimate of drug-likeness (QED) is 0.311. The molecule has 2 rings (SSSR count). The summed E-state index contributed by atoms with van der Waals surface area (Å²) < 4.78 is 40.3. The molecule has 0 N–H and O–H groups in total. The highest BCUT2D eigenvalue weighted by Gasteiger charge is 2.25. The maximum Gasteiger partial charge on any atom is 0.435 e. The van der Waals surface area contributed by atoms with Crippen molar-refractivity contribution in [1.82, 2.24) is 9.78 Å². The molecule has 5 nitrogen and oxygen atoms in total. The van der Waals surface area contributed by atoms with Gasteiger partial charge in [0.2, 0.25) is 0 Å². The van der Waals surface area contributed by atoms with Crippen molar-refractivity contribution in [2.24, 2.45) is 4.99 Å². The Hall–Kier alpha value is -2.61. The number of aryl methyl sites for hydroxylation is 1. The molecule has 1 aromatic carbocycles. The molecular formula is C25H35ClF3N3O2. The van der Waals surface area contributed by atoms with Gasteiger partial charge < -0.3 is 4.74 Å². The van der Waals surface area contributed by atoms with Crippen LogP contribution in [0.1, 0.15) is 66.4 Å². The molecule has 0 radical (unpaired) electrons. The molecule has 2 aromatic rings. The number of halogens is 4. The zero-order valence-corrected chi connectivity index (χ0v) is 21.7. The van der Waals surface area contributed by atoms with E-state index in [1.54, 1.807) is 13.1 Å². The third-order valence-corrected chi connectivity index (χ3v) is 3.89. The molecule has 0 bridgehead atoms. The number of hydrogen-bond acceptors (Lipinski definition) is 4. The van der Waals surface area contributed by atoms with Crippen molar-refractivity contribution >= 4 is 34.3 Å². The van der Waals surface area contributed by atoms with E-state index in [0.29, 0.717) is 11.6 Å². The number of aromatic nitrogens is 2. The first-order chi connectivity index (χ1) is 15.6. The van der Waals surface area contributed by atoms with Crippen molar-refractivity contribution in [3.05, 3.63) is 53.8 Å². The molecule has 0 amide bonds. The first kappa shape index (κ1) is 31.4. The van der Waals surface area contributed by atoms with Crippen molar-refractivity contribution in [2.45, 2.75) is 79.5 Å². The van der Waals surface area contributed by atoms with Crippen molar-refractivity contribution in [3.8, 4) is 0 Å². The minimum absolute atomic E-state index is 0.253. The van der Waals surface area contributed by atoms with Crippen molar-refractivity contribution in [2.75, 3.05) is 0 Å². The Balaban J connectivity index is 0.000000544. The van der Waals surface area contributed by atoms with Crippen LogP contribution in [-0.2, 0) is 4.74 Å². The maximum absolute atomic E-state index is 11.9. The van der Waals surface area contributed by atoms with Gasteiger partial charge in [-0.1, -0.05) is 49.2 Å². The summed E-state index contributed by atoms with van der Waals surface area (Å²) in [6.07, 6.45) is 1.28. The van der Waals surface area contributed by atoms with Gasteiger partial charge in [0.15, 0.2) is 0 Å². The van der Waals surface area contributed by atoms with Crippen LogP contribution in [0, 0.1) is 6.92 Å². The number of benzene rings is 1. The summed E-state index contributed by atoms with van der Waals surface area (Å²) in [4.78, 5) is 15.8. The Morgan fingerprint density at radius 3 is 2.35 bits per heavy atom. The van der Waals surface area contributed by atoms with Crippen LogP contribution in [0.5, 0.6) is 0 Å². The summed E-state index contributed by atoms with van der Waals surface area (Å²) >= 11 is 5.39. The number of unbranched alkanes of at least 4 members (excludes halogenated alkanes) is 1. The van der Waals surface area contributed by atoms with Crippen LogP contribution in [0.2, 0.25) is 0 Å². The third kappa shape index (κ3) is 14.5. The molecule has 1 aromatic heterocycles. The molecule has 0 spiro atoms. The van der Waals surface area contributed by atoms with Gasteiger partial charge in [0.25, 0.3) is 0 Å². The van der Waals surface area contributed by atoms with Crippen molar-refractivity contribution in [1.29, 1.82) is 0 Å². The summed E-state index contributed by atoms with van der Waals surface area (Å²) in [5.74, 6) is 0. The fourth-order valence-electron chi connectivity index (χ4n) is 2.45. The van der Waals surface area contributed by atoms with E-state index in [2.05, 4.69) is 16.7 Å². The Kier molecular flexibility index (Phi) is 13.5. The summed E-state index contributed by atoms with van der Waals surface area (Å²) in [6, 6.07) is 5.82. The van der Waals surface area contributed by atoms with E-state index in [9.17, 15) is 18.0 Å². The second-order valence-electron chi connectivity index (χ2n) is 8.45. The molecule has 1 heterocycles. The molecule has 0 fully saturated rings. The first-order valence-corrected chi connectivity index (χ1v) is 11.2. The number of aliphatic imine (C=N–C) groups is 1. The highest BCUT2D eigenvalue weighted by atomic mass is 35.5. The van der Waals surface area contributed by atoms with Crippen LogP contribution in [-0.4, -0.2) is 33.4 Å². The number of carbonyl (C=O) groups excluding carboxylic acids is 1. The molecule has 0 saturated carbocycles. The number of nitrogens with zero attached hydrogens (tertiary/aromatic N) is 3. The number of fused-ring (bicyclic) bond motifs is 1. The number of alkyl halides is 3. The number of rotatable bonds is 4. The molecule has 34 heavy (non-hydrogen) atoms. The van der Waals surface area contributed by atoms with Gasteiger partial charge in [-0.15, -0.1) is 0 Å². The second kappa shape index (κ2) is 14.6. The van der Waals surface area contributed by atoms with E-state index in [1.165, 1.54) is 4.68 Å². The first-order valence-electron chi connectivity index (χ1n) is 10.9. The van der Waals surface area contributed by atoms with Gasteiger partial charge >= 0.3 is 12.3 Å². The van der Waals surface area contributed by atoms with E-state index >= 15 is 0 Å². The van der Waals surface area contributed by atoms with Crippen molar-refractivity contribution in [3.63, 3.8) is 0 Å². The minimum atomic E-state index is -3.95. The summed E-state index contributed by atoms with van der Waals surface area (Å²) in [5, 5.41) is 5.33. The third-order valence-electron chi connectivity index (χ3n) is 3.81. The number of carbonyl (C=O) groups is 1. The van der Waals surface area contributed by atoms with Gasteiger partial charge in [0.05, 0.1) is 11.7 Å². The van der Waals surface area contributed by atoms with Gasteiger partial charge in [-0.25, -0.2) is 9.79 Å². The zero-order valence-electron chi connectivity index (χ0n) is 21.0. The predicted molar refractivity (Wildman–Crippen MR) is 135 cm³/mol. The standard InChI is InChI=1S/C13H16N2O2.C7H10ClN.C5H9F3/c1-9-5-6-11-10(7-9)8-14-15(11)12(16)17-13(2,3)4;1-4-5-6(2)9-7(3)8;1-2-3-4-5(6,7)8/h5-8H,1-4H3;4-5H,3H2,1-2H3;2-4H2,1H3/b;5-4-,9-6-;. The van der Waals surface area contributed by atoms with Gasteiger partial charge in [-0.3, -0.25) is 0 Å². The van der Waals surface area contributed by atoms with Crippen LogP contribution in [0.4, 0.5) is 18.0 Å². The molecular weight excluding hydrogens is 467 g/mol. The largest absolute Gasteiger partial charge is 0.442 e. The van der Waals surface area contributed by atoms with Gasteiger partial charge in [0.1, 0.15) is 10.8 Å². The van der Waals surface area contributed by atoms with Crippen LogP contribution in [0.15, 0.2) is 53.3 Å². The maximum atomic E-state index is 11.9. The highest BCUT2D eigenvalue weighted by molar-refractivity contribution is 6.29. The van der Waals surface area contributed by atoms with E-state index in [0.717, 1.165) is 22.2 Å². The van der Waals surface area contributed by atoms with E-state index in [-0.39, 0.29) is 6.42 Å². The van der Waals surface area contributed by atoms with E-state index in [4.69, 9.17) is 16.3 Å². The Morgan fingerprint density at radius 2 is 1.91 bits per heavy atom. The predicted octanol–water partition coefficient (Wildman–Crippen LogP) is 8.60. The molecule has 0 aliphatic carbocycles. The number of allylic oxidation sites excluding steroid dienone is 2. The van der Waals surface area contributed by atoms with Crippen LogP contribution in [0.25, 0.3) is 10.9 Å². The fraction of sp³-hybridized carbons (Fsp3) is 0.480. The zero-order chi connectivity index (χ0) is 26.5. The topological polar surface area (TPSA) is 56.5 Å². The van der Waals surface area contributed by atoms with Crippen LogP contribution >= 0.6 is 11.6 Å². The van der Waals surface area contributed by atoms with Gasteiger partial charge in [-0.2, -0.15) is 23.0 Å². The van der Waals surface area contributed by atoms with E-state index < -0.39 is 24.3 Å². The molecule has 0 unspecified atom stereocenters. The lowest BCUT2D eigenvalue weighted by atomic mass is 10.2. The molecule has 9 heteroatoms. The van der Waals surface area contributed by atoms with Crippen LogP contribution < -0.4 is 0 Å². The second-order valence-corrected chi connectivity index (χ2v) is 8.88. The van der Waals surface area contributed by atoms with Gasteiger partial charge in [0, 0.05) is 17.5 Å². The number of hydrogen-bond donors (Lipinski definition) is 0. The molecule has 0 saturated heterocycles. The molecule has 0 aliphatic heterocycles. The molecule has 190 valence electrons.